The van der Waals surface area contributed by atoms with E-state index in [0.29, 0.717) is 13.0 Å². The Morgan fingerprint density at radius 2 is 1.85 bits per heavy atom. The molecule has 1 heterocycles. The smallest absolute Gasteiger partial charge is 0.227 e. The summed E-state index contributed by atoms with van der Waals surface area (Å²) >= 11 is 0. The second kappa shape index (κ2) is 8.59. The van der Waals surface area contributed by atoms with Gasteiger partial charge in [0.15, 0.2) is 0 Å². The van der Waals surface area contributed by atoms with Crippen LogP contribution >= 0.6 is 0 Å². The Hall–Kier alpha value is -2.72. The van der Waals surface area contributed by atoms with Crippen LogP contribution in [-0.4, -0.2) is 24.6 Å². The summed E-state index contributed by atoms with van der Waals surface area (Å²) in [5, 5.41) is 5.33. The van der Waals surface area contributed by atoms with E-state index >= 15 is 0 Å². The quantitative estimate of drug-likeness (QED) is 0.695. The number of hydrogen-bond donors (Lipinski definition) is 1. The minimum Gasteiger partial charge on any atom is -0.384 e. The van der Waals surface area contributed by atoms with Crippen molar-refractivity contribution < 1.29 is 9.53 Å². The molecule has 4 nitrogen and oxygen atoms in total. The van der Waals surface area contributed by atoms with Gasteiger partial charge in [-0.2, -0.15) is 0 Å². The number of anilines is 1. The Balaban J connectivity index is 1.72. The van der Waals surface area contributed by atoms with Crippen LogP contribution in [0.2, 0.25) is 0 Å². The lowest BCUT2D eigenvalue weighted by Crippen LogP contribution is -2.23. The van der Waals surface area contributed by atoms with Crippen LogP contribution in [0.25, 0.3) is 10.8 Å². The number of methoxy groups -OCH3 is 1. The Labute approximate surface area is 154 Å². The lowest BCUT2D eigenvalue weighted by atomic mass is 9.97. The first-order valence-corrected chi connectivity index (χ1v) is 8.88. The Morgan fingerprint density at radius 3 is 2.69 bits per heavy atom. The number of rotatable bonds is 7. The molecule has 3 rings (SSSR count). The first-order valence-electron chi connectivity index (χ1n) is 8.88. The molecule has 0 saturated heterocycles. The summed E-state index contributed by atoms with van der Waals surface area (Å²) in [5.41, 5.74) is 3.04. The van der Waals surface area contributed by atoms with Gasteiger partial charge in [0.1, 0.15) is 0 Å². The largest absolute Gasteiger partial charge is 0.384 e. The molecule has 1 aromatic heterocycles. The van der Waals surface area contributed by atoms with Crippen LogP contribution in [0.3, 0.4) is 0 Å². The average molecular weight is 348 g/mol. The van der Waals surface area contributed by atoms with Crippen LogP contribution in [-0.2, 0) is 22.4 Å². The van der Waals surface area contributed by atoms with Crippen LogP contribution in [0, 0.1) is 5.92 Å². The van der Waals surface area contributed by atoms with Crippen molar-refractivity contribution >= 4 is 22.4 Å². The van der Waals surface area contributed by atoms with E-state index < -0.39 is 0 Å². The zero-order chi connectivity index (χ0) is 18.4. The highest BCUT2D eigenvalue weighted by molar-refractivity contribution is 5.94. The third-order valence-corrected chi connectivity index (χ3v) is 4.58. The van der Waals surface area contributed by atoms with Gasteiger partial charge in [0.2, 0.25) is 5.91 Å². The zero-order valence-corrected chi connectivity index (χ0v) is 15.2. The Bertz CT molecular complexity index is 887. The molecule has 1 N–H and O–H groups in total. The number of amides is 1. The van der Waals surface area contributed by atoms with Gasteiger partial charge >= 0.3 is 0 Å². The van der Waals surface area contributed by atoms with Crippen molar-refractivity contribution in [2.45, 2.75) is 19.8 Å². The van der Waals surface area contributed by atoms with Crippen molar-refractivity contribution in [1.82, 2.24) is 4.98 Å². The highest BCUT2D eigenvalue weighted by Gasteiger charge is 2.16. The number of ether oxygens (including phenoxy) is 1. The SMILES string of the molecule is COCCc1ccccc1NC(=O)C(C)Cc1cncc2ccccc12. The van der Waals surface area contributed by atoms with E-state index in [2.05, 4.69) is 16.4 Å². The van der Waals surface area contributed by atoms with Crippen molar-refractivity contribution in [2.24, 2.45) is 5.92 Å². The fourth-order valence-electron chi connectivity index (χ4n) is 3.09. The highest BCUT2D eigenvalue weighted by Crippen LogP contribution is 2.22. The summed E-state index contributed by atoms with van der Waals surface area (Å²) in [4.78, 5) is 17.0. The predicted octanol–water partition coefficient (Wildman–Crippen LogP) is 4.24. The average Bonchev–Trinajstić information content (AvgIpc) is 2.67. The van der Waals surface area contributed by atoms with Gasteiger partial charge in [-0.15, -0.1) is 0 Å². The molecular formula is C22H24N2O2. The van der Waals surface area contributed by atoms with Gasteiger partial charge in [0, 0.05) is 36.5 Å². The van der Waals surface area contributed by atoms with Crippen LogP contribution < -0.4 is 5.32 Å². The number of pyridine rings is 1. The minimum absolute atomic E-state index is 0.0165. The van der Waals surface area contributed by atoms with Crippen molar-refractivity contribution in [2.75, 3.05) is 19.0 Å². The zero-order valence-electron chi connectivity index (χ0n) is 15.2. The van der Waals surface area contributed by atoms with Gasteiger partial charge in [-0.1, -0.05) is 49.4 Å². The fourth-order valence-corrected chi connectivity index (χ4v) is 3.09. The van der Waals surface area contributed by atoms with E-state index in [9.17, 15) is 4.79 Å². The first-order chi connectivity index (χ1) is 12.7. The van der Waals surface area contributed by atoms with Crippen molar-refractivity contribution in [3.8, 4) is 0 Å². The molecule has 1 atom stereocenters. The van der Waals surface area contributed by atoms with E-state index in [1.807, 2.05) is 61.8 Å². The van der Waals surface area contributed by atoms with Crippen LogP contribution in [0.1, 0.15) is 18.1 Å². The molecule has 0 bridgehead atoms. The molecule has 0 fully saturated rings. The maximum atomic E-state index is 12.7. The molecule has 1 amide bonds. The lowest BCUT2D eigenvalue weighted by molar-refractivity contribution is -0.119. The monoisotopic (exact) mass is 348 g/mol. The molecule has 4 heteroatoms. The number of fused-ring (bicyclic) bond motifs is 1. The molecule has 134 valence electrons. The van der Waals surface area contributed by atoms with Crippen LogP contribution in [0.5, 0.6) is 0 Å². The molecule has 0 saturated carbocycles. The number of aromatic nitrogens is 1. The van der Waals surface area contributed by atoms with E-state index in [-0.39, 0.29) is 11.8 Å². The second-order valence-corrected chi connectivity index (χ2v) is 6.51. The van der Waals surface area contributed by atoms with E-state index in [1.54, 1.807) is 7.11 Å². The normalized spacial score (nSPS) is 12.1. The predicted molar refractivity (Wildman–Crippen MR) is 105 cm³/mol. The number of hydrogen-bond acceptors (Lipinski definition) is 3. The molecule has 0 aliphatic carbocycles. The number of para-hydroxylation sites is 1. The lowest BCUT2D eigenvalue weighted by Gasteiger charge is -2.16. The molecular weight excluding hydrogens is 324 g/mol. The topological polar surface area (TPSA) is 51.2 Å². The third-order valence-electron chi connectivity index (χ3n) is 4.58. The summed E-state index contributed by atoms with van der Waals surface area (Å²) in [6.07, 6.45) is 5.14. The van der Waals surface area contributed by atoms with Crippen LogP contribution in [0.4, 0.5) is 5.69 Å². The Morgan fingerprint density at radius 1 is 1.08 bits per heavy atom. The van der Waals surface area contributed by atoms with Gasteiger partial charge in [0.25, 0.3) is 0 Å². The maximum Gasteiger partial charge on any atom is 0.227 e. The molecule has 0 radical (unpaired) electrons. The van der Waals surface area contributed by atoms with Crippen LogP contribution in [0.15, 0.2) is 60.9 Å². The molecule has 1 unspecified atom stereocenters. The molecule has 0 aliphatic rings. The molecule has 0 spiro atoms. The van der Waals surface area contributed by atoms with E-state index in [4.69, 9.17) is 4.74 Å². The minimum atomic E-state index is -0.155. The van der Waals surface area contributed by atoms with Gasteiger partial charge in [0.05, 0.1) is 6.61 Å². The summed E-state index contributed by atoms with van der Waals surface area (Å²) in [6.45, 7) is 2.58. The van der Waals surface area contributed by atoms with Crippen molar-refractivity contribution in [1.29, 1.82) is 0 Å². The summed E-state index contributed by atoms with van der Waals surface area (Å²) in [5.74, 6) is -0.138. The van der Waals surface area contributed by atoms with E-state index in [1.165, 1.54) is 0 Å². The van der Waals surface area contributed by atoms with E-state index in [0.717, 1.165) is 34.0 Å². The number of benzene rings is 2. The third kappa shape index (κ3) is 4.27. The fraction of sp³-hybridized carbons (Fsp3) is 0.273. The maximum absolute atomic E-state index is 12.7. The molecule has 26 heavy (non-hydrogen) atoms. The number of carbonyl (C=O) groups is 1. The Kier molecular flexibility index (Phi) is 5.97. The highest BCUT2D eigenvalue weighted by atomic mass is 16.5. The van der Waals surface area contributed by atoms with Gasteiger partial charge in [-0.05, 0) is 35.4 Å². The van der Waals surface area contributed by atoms with Crippen molar-refractivity contribution in [3.63, 3.8) is 0 Å². The van der Waals surface area contributed by atoms with Gasteiger partial charge < -0.3 is 10.1 Å². The summed E-state index contributed by atoms with van der Waals surface area (Å²) in [6, 6.07) is 16.0. The number of nitrogens with one attached hydrogen (secondary N) is 1. The number of nitrogens with zero attached hydrogens (tertiary/aromatic N) is 1. The van der Waals surface area contributed by atoms with Gasteiger partial charge in [-0.3, -0.25) is 9.78 Å². The standard InChI is InChI=1S/C22H24N2O2/c1-16(13-19-15-23-14-18-8-3-5-9-20(18)19)22(25)24-21-10-6-4-7-17(21)11-12-26-2/h3-10,14-16H,11-13H2,1-2H3,(H,24,25). The molecule has 0 aliphatic heterocycles. The second-order valence-electron chi connectivity index (χ2n) is 6.51. The summed E-state index contributed by atoms with van der Waals surface area (Å²) < 4.78 is 5.15. The molecule has 3 aromatic rings. The molecule has 2 aromatic carbocycles. The first kappa shape index (κ1) is 18.1. The number of carbonyl (C=O) groups excluding carboxylic acids is 1. The summed E-state index contributed by atoms with van der Waals surface area (Å²) in [7, 11) is 1.68. The van der Waals surface area contributed by atoms with Crippen molar-refractivity contribution in [3.05, 3.63) is 72.1 Å². The van der Waals surface area contributed by atoms with Gasteiger partial charge in [-0.25, -0.2) is 0 Å².